The quantitative estimate of drug-likeness (QED) is 0.225. The van der Waals surface area contributed by atoms with Crippen LogP contribution >= 0.6 is 0 Å². The van der Waals surface area contributed by atoms with Crippen molar-refractivity contribution in [3.05, 3.63) is 42.0 Å². The first-order valence-electron chi connectivity index (χ1n) is 13.3. The smallest absolute Gasteiger partial charge is 0.407 e. The molecule has 3 rings (SSSR count). The molecule has 0 saturated heterocycles. The Bertz CT molecular complexity index is 1110. The molecule has 0 aromatic heterocycles. The van der Waals surface area contributed by atoms with E-state index in [9.17, 15) is 28.8 Å². The molecule has 1 fully saturated rings. The number of hydrogen-bond donors (Lipinski definition) is 5. The summed E-state index contributed by atoms with van der Waals surface area (Å²) in [5, 5.41) is 10.4. The Labute approximate surface area is 232 Å². The Morgan fingerprint density at radius 1 is 1.00 bits per heavy atom. The molecule has 13 nitrogen and oxygen atoms in total. The first kappa shape index (κ1) is 30.3. The van der Waals surface area contributed by atoms with Gasteiger partial charge in [0.25, 0.3) is 11.8 Å². The van der Waals surface area contributed by atoms with Crippen molar-refractivity contribution in [1.29, 1.82) is 0 Å². The van der Waals surface area contributed by atoms with E-state index >= 15 is 0 Å². The number of nitrogens with two attached hydrogens (primary N) is 1. The SMILES string of the molecule is C[C@H](NC(=O)CNC(=O)C1CCC(CN2C(=O)C=CC2=O)CC1)C(=O)Nc1ccc(COC(=O)NCCN)cc1. The van der Waals surface area contributed by atoms with Crippen molar-refractivity contribution in [3.8, 4) is 0 Å². The molecular weight excluding hydrogens is 520 g/mol. The van der Waals surface area contributed by atoms with Crippen LogP contribution in [0.5, 0.6) is 0 Å². The average Bonchev–Trinajstić information content (AvgIpc) is 3.26. The van der Waals surface area contributed by atoms with Gasteiger partial charge < -0.3 is 31.7 Å². The van der Waals surface area contributed by atoms with E-state index in [1.807, 2.05) is 0 Å². The van der Waals surface area contributed by atoms with Crippen molar-refractivity contribution in [3.63, 3.8) is 0 Å². The minimum Gasteiger partial charge on any atom is -0.445 e. The second-order valence-corrected chi connectivity index (χ2v) is 9.82. The number of hydrogen-bond acceptors (Lipinski definition) is 8. The molecule has 6 N–H and O–H groups in total. The molecular formula is C27H36N6O7. The second-order valence-electron chi connectivity index (χ2n) is 9.82. The van der Waals surface area contributed by atoms with Crippen LogP contribution in [0.2, 0.25) is 0 Å². The summed E-state index contributed by atoms with van der Waals surface area (Å²) in [6.07, 6.45) is 4.58. The molecule has 1 aliphatic carbocycles. The number of benzene rings is 1. The third-order valence-corrected chi connectivity index (χ3v) is 6.76. The largest absolute Gasteiger partial charge is 0.445 e. The number of carbonyl (C=O) groups is 6. The number of amides is 6. The van der Waals surface area contributed by atoms with E-state index in [0.29, 0.717) is 51.0 Å². The maximum Gasteiger partial charge on any atom is 0.407 e. The predicted octanol–water partition coefficient (Wildman–Crippen LogP) is 0.162. The van der Waals surface area contributed by atoms with Crippen LogP contribution in [-0.4, -0.2) is 72.7 Å². The zero-order valence-electron chi connectivity index (χ0n) is 22.4. The van der Waals surface area contributed by atoms with Crippen LogP contribution in [0.4, 0.5) is 10.5 Å². The Hall–Kier alpha value is -4.26. The summed E-state index contributed by atoms with van der Waals surface area (Å²) in [4.78, 5) is 73.5. The van der Waals surface area contributed by atoms with Crippen molar-refractivity contribution in [2.45, 2.75) is 45.3 Å². The van der Waals surface area contributed by atoms with Crippen LogP contribution in [-0.2, 0) is 35.3 Å². The van der Waals surface area contributed by atoms with E-state index in [-0.39, 0.29) is 42.7 Å². The molecule has 1 aliphatic heterocycles. The van der Waals surface area contributed by atoms with E-state index in [2.05, 4.69) is 21.3 Å². The second kappa shape index (κ2) is 14.8. The van der Waals surface area contributed by atoms with Crippen molar-refractivity contribution in [2.75, 3.05) is 31.5 Å². The lowest BCUT2D eigenvalue weighted by Gasteiger charge is -2.30. The predicted molar refractivity (Wildman–Crippen MR) is 144 cm³/mol. The lowest BCUT2D eigenvalue weighted by molar-refractivity contribution is -0.138. The molecule has 0 bridgehead atoms. The highest BCUT2D eigenvalue weighted by Gasteiger charge is 2.31. The van der Waals surface area contributed by atoms with Crippen molar-refractivity contribution < 1.29 is 33.5 Å². The molecule has 0 unspecified atom stereocenters. The first-order chi connectivity index (χ1) is 19.2. The number of ether oxygens (including phenoxy) is 1. The van der Waals surface area contributed by atoms with Gasteiger partial charge in [-0.1, -0.05) is 12.1 Å². The Balaban J connectivity index is 1.32. The van der Waals surface area contributed by atoms with Gasteiger partial charge in [0.15, 0.2) is 0 Å². The molecule has 13 heteroatoms. The molecule has 1 heterocycles. The molecule has 1 aromatic carbocycles. The van der Waals surface area contributed by atoms with Gasteiger partial charge in [-0.2, -0.15) is 0 Å². The zero-order valence-corrected chi connectivity index (χ0v) is 22.4. The normalized spacial score (nSPS) is 19.1. The van der Waals surface area contributed by atoms with Crippen molar-refractivity contribution in [1.82, 2.24) is 20.9 Å². The van der Waals surface area contributed by atoms with Crippen LogP contribution in [0.15, 0.2) is 36.4 Å². The molecule has 216 valence electrons. The molecule has 1 aromatic rings. The number of nitrogens with one attached hydrogen (secondary N) is 4. The topological polar surface area (TPSA) is 189 Å². The Morgan fingerprint density at radius 3 is 2.27 bits per heavy atom. The minimum atomic E-state index is -0.848. The van der Waals surface area contributed by atoms with Crippen LogP contribution in [0.25, 0.3) is 0 Å². The lowest BCUT2D eigenvalue weighted by atomic mass is 9.81. The van der Waals surface area contributed by atoms with Gasteiger partial charge in [0.05, 0.1) is 6.54 Å². The molecule has 1 saturated carbocycles. The highest BCUT2D eigenvalue weighted by molar-refractivity contribution is 6.12. The van der Waals surface area contributed by atoms with Gasteiger partial charge in [0.1, 0.15) is 12.6 Å². The molecule has 6 amide bonds. The fourth-order valence-corrected chi connectivity index (χ4v) is 4.46. The molecule has 2 aliphatic rings. The van der Waals surface area contributed by atoms with E-state index in [1.54, 1.807) is 24.3 Å². The number of carbonyl (C=O) groups excluding carboxylic acids is 6. The van der Waals surface area contributed by atoms with Gasteiger partial charge in [-0.15, -0.1) is 0 Å². The molecule has 40 heavy (non-hydrogen) atoms. The van der Waals surface area contributed by atoms with E-state index in [4.69, 9.17) is 10.5 Å². The highest BCUT2D eigenvalue weighted by Crippen LogP contribution is 2.30. The summed E-state index contributed by atoms with van der Waals surface area (Å²) in [7, 11) is 0. The van der Waals surface area contributed by atoms with E-state index < -0.39 is 23.9 Å². The fourth-order valence-electron chi connectivity index (χ4n) is 4.46. The molecule has 1 atom stereocenters. The zero-order chi connectivity index (χ0) is 29.1. The Morgan fingerprint density at radius 2 is 1.65 bits per heavy atom. The number of imide groups is 1. The summed E-state index contributed by atoms with van der Waals surface area (Å²) in [5.41, 5.74) is 6.53. The van der Waals surface area contributed by atoms with Gasteiger partial charge in [0, 0.05) is 43.4 Å². The maximum atomic E-state index is 12.5. The van der Waals surface area contributed by atoms with Gasteiger partial charge in [-0.3, -0.25) is 28.9 Å². The van der Waals surface area contributed by atoms with Crippen LogP contribution in [0.1, 0.15) is 38.2 Å². The van der Waals surface area contributed by atoms with Crippen molar-refractivity contribution >= 4 is 41.3 Å². The third kappa shape index (κ3) is 9.19. The maximum absolute atomic E-state index is 12.5. The number of anilines is 1. The van der Waals surface area contributed by atoms with E-state index in [1.165, 1.54) is 24.0 Å². The highest BCUT2D eigenvalue weighted by atomic mass is 16.5. The number of alkyl carbamates (subject to hydrolysis) is 1. The standard InChI is InChI=1S/C27H36N6O7/c1-17(25(37)32-21-8-4-19(5-9-21)16-40-27(39)29-13-12-28)31-22(34)14-30-26(38)20-6-2-18(3-7-20)15-33-23(35)10-11-24(33)36/h4-5,8-11,17-18,20H,2-3,6-7,12-16,28H2,1H3,(H,29,39)(H,30,38)(H,31,34)(H,32,37)/t17-,18?,20?/m0/s1. The van der Waals surface area contributed by atoms with Crippen LogP contribution in [0, 0.1) is 11.8 Å². The minimum absolute atomic E-state index is 0.0581. The third-order valence-electron chi connectivity index (χ3n) is 6.76. The Kier molecular flexibility index (Phi) is 11.2. The van der Waals surface area contributed by atoms with Crippen molar-refractivity contribution in [2.24, 2.45) is 17.6 Å². The average molecular weight is 557 g/mol. The number of rotatable bonds is 12. The summed E-state index contributed by atoms with van der Waals surface area (Å²) in [6, 6.07) is 5.84. The van der Waals surface area contributed by atoms with Gasteiger partial charge in [-0.25, -0.2) is 4.79 Å². The summed E-state index contributed by atoms with van der Waals surface area (Å²) < 4.78 is 5.05. The van der Waals surface area contributed by atoms with Gasteiger partial charge >= 0.3 is 6.09 Å². The lowest BCUT2D eigenvalue weighted by Crippen LogP contribution is -2.47. The van der Waals surface area contributed by atoms with Crippen LogP contribution < -0.4 is 27.0 Å². The monoisotopic (exact) mass is 556 g/mol. The van der Waals surface area contributed by atoms with Crippen LogP contribution in [0.3, 0.4) is 0 Å². The first-order valence-corrected chi connectivity index (χ1v) is 13.3. The molecule has 0 spiro atoms. The number of nitrogens with zero attached hydrogens (tertiary/aromatic N) is 1. The summed E-state index contributed by atoms with van der Waals surface area (Å²) in [5.74, 6) is -1.87. The van der Waals surface area contributed by atoms with E-state index in [0.717, 1.165) is 5.56 Å². The van der Waals surface area contributed by atoms with Gasteiger partial charge in [0.2, 0.25) is 17.7 Å². The summed E-state index contributed by atoms with van der Waals surface area (Å²) in [6.45, 7) is 2.32. The summed E-state index contributed by atoms with van der Waals surface area (Å²) >= 11 is 0. The fraction of sp³-hybridized carbons (Fsp3) is 0.481. The molecule has 0 radical (unpaired) electrons. The van der Waals surface area contributed by atoms with Gasteiger partial charge in [-0.05, 0) is 56.2 Å².